The van der Waals surface area contributed by atoms with Crippen LogP contribution in [0.4, 0.5) is 4.79 Å². The zero-order valence-electron chi connectivity index (χ0n) is 22.4. The maximum Gasteiger partial charge on any atom is 0.407 e. The molecule has 36 heavy (non-hydrogen) atoms. The molecule has 6 N–H and O–H groups in total. The van der Waals surface area contributed by atoms with E-state index in [0.717, 1.165) is 5.56 Å². The molecule has 202 valence electrons. The van der Waals surface area contributed by atoms with Gasteiger partial charge in [0.15, 0.2) is 0 Å². The van der Waals surface area contributed by atoms with Gasteiger partial charge in [-0.1, -0.05) is 44.2 Å². The predicted molar refractivity (Wildman–Crippen MR) is 139 cm³/mol. The molecular formula is C26H43N5O5. The van der Waals surface area contributed by atoms with Gasteiger partial charge in [-0.3, -0.25) is 14.4 Å². The highest BCUT2D eigenvalue weighted by molar-refractivity contribution is 5.93. The molecule has 0 saturated carbocycles. The highest BCUT2D eigenvalue weighted by atomic mass is 16.6. The average molecular weight is 506 g/mol. The summed E-state index contributed by atoms with van der Waals surface area (Å²) in [4.78, 5) is 50.3. The van der Waals surface area contributed by atoms with Crippen LogP contribution in [-0.2, 0) is 25.5 Å². The Labute approximate surface area is 214 Å². The number of hydrogen-bond acceptors (Lipinski definition) is 6. The third-order valence-electron chi connectivity index (χ3n) is 5.07. The molecule has 10 nitrogen and oxygen atoms in total. The molecule has 0 aliphatic heterocycles. The number of alkyl carbamates (subject to hydrolysis) is 1. The number of nitrogens with two attached hydrogens (primary N) is 1. The third-order valence-corrected chi connectivity index (χ3v) is 5.07. The van der Waals surface area contributed by atoms with Crippen molar-refractivity contribution in [3.8, 4) is 0 Å². The maximum atomic E-state index is 13.2. The first-order chi connectivity index (χ1) is 16.8. The Morgan fingerprint density at radius 1 is 0.917 bits per heavy atom. The second-order valence-corrected chi connectivity index (χ2v) is 10.2. The molecule has 0 radical (unpaired) electrons. The van der Waals surface area contributed by atoms with E-state index in [9.17, 15) is 19.2 Å². The van der Waals surface area contributed by atoms with E-state index in [-0.39, 0.29) is 31.2 Å². The van der Waals surface area contributed by atoms with Crippen LogP contribution in [0, 0.1) is 5.92 Å². The van der Waals surface area contributed by atoms with Crippen LogP contribution >= 0.6 is 0 Å². The van der Waals surface area contributed by atoms with Gasteiger partial charge in [-0.15, -0.1) is 0 Å². The molecular weight excluding hydrogens is 462 g/mol. The third kappa shape index (κ3) is 12.5. The lowest BCUT2D eigenvalue weighted by atomic mass is 10.0. The Balaban J connectivity index is 2.86. The number of rotatable bonds is 13. The first-order valence-electron chi connectivity index (χ1n) is 12.5. The van der Waals surface area contributed by atoms with Gasteiger partial charge in [0.1, 0.15) is 17.7 Å². The molecule has 0 bridgehead atoms. The number of amides is 4. The summed E-state index contributed by atoms with van der Waals surface area (Å²) in [5.74, 6) is -1.10. The highest BCUT2D eigenvalue weighted by Gasteiger charge is 2.28. The molecule has 0 aromatic heterocycles. The molecule has 0 saturated heterocycles. The summed E-state index contributed by atoms with van der Waals surface area (Å²) in [6, 6.07) is 6.64. The van der Waals surface area contributed by atoms with Crippen molar-refractivity contribution in [3.05, 3.63) is 35.9 Å². The summed E-state index contributed by atoms with van der Waals surface area (Å²) in [5.41, 5.74) is 6.24. The summed E-state index contributed by atoms with van der Waals surface area (Å²) < 4.78 is 5.17. The number of nitrogens with one attached hydrogen (secondary N) is 4. The van der Waals surface area contributed by atoms with E-state index in [4.69, 9.17) is 10.5 Å². The quantitative estimate of drug-likeness (QED) is 0.275. The minimum atomic E-state index is -0.958. The van der Waals surface area contributed by atoms with Gasteiger partial charge in [0, 0.05) is 19.5 Å². The molecule has 0 unspecified atom stereocenters. The molecule has 1 rings (SSSR count). The summed E-state index contributed by atoms with van der Waals surface area (Å²) in [6.45, 7) is 11.6. The molecule has 10 heteroatoms. The monoisotopic (exact) mass is 505 g/mol. The zero-order valence-corrected chi connectivity index (χ0v) is 22.4. The normalized spacial score (nSPS) is 13.8. The average Bonchev–Trinajstić information content (AvgIpc) is 2.77. The fraction of sp³-hybridized carbons (Fsp3) is 0.615. The lowest BCUT2D eigenvalue weighted by molar-refractivity contribution is -0.132. The van der Waals surface area contributed by atoms with Crippen molar-refractivity contribution in [2.75, 3.05) is 13.1 Å². The van der Waals surface area contributed by atoms with E-state index in [1.165, 1.54) is 0 Å². The second kappa shape index (κ2) is 15.1. The van der Waals surface area contributed by atoms with Crippen molar-refractivity contribution < 1.29 is 23.9 Å². The van der Waals surface area contributed by atoms with Crippen molar-refractivity contribution in [2.45, 2.75) is 84.5 Å². The van der Waals surface area contributed by atoms with Crippen molar-refractivity contribution in [1.29, 1.82) is 0 Å². The van der Waals surface area contributed by atoms with E-state index < -0.39 is 41.6 Å². The number of carbonyl (C=O) groups is 4. The topological polar surface area (TPSA) is 152 Å². The largest absolute Gasteiger partial charge is 0.444 e. The fourth-order valence-corrected chi connectivity index (χ4v) is 3.39. The number of ether oxygens (including phenoxy) is 1. The minimum Gasteiger partial charge on any atom is -0.444 e. The van der Waals surface area contributed by atoms with Gasteiger partial charge in [-0.2, -0.15) is 0 Å². The summed E-state index contributed by atoms with van der Waals surface area (Å²) in [6.07, 6.45) is 0.238. The van der Waals surface area contributed by atoms with Crippen molar-refractivity contribution in [2.24, 2.45) is 11.7 Å². The first-order valence-corrected chi connectivity index (χ1v) is 12.5. The lowest BCUT2D eigenvalue weighted by Crippen LogP contribution is -2.56. The van der Waals surface area contributed by atoms with Crippen LogP contribution in [0.15, 0.2) is 30.3 Å². The zero-order chi connectivity index (χ0) is 27.3. The van der Waals surface area contributed by atoms with Crippen LogP contribution in [0.1, 0.15) is 59.9 Å². The fourth-order valence-electron chi connectivity index (χ4n) is 3.39. The first kappa shape index (κ1) is 30.9. The number of benzene rings is 1. The number of hydrogen-bond donors (Lipinski definition) is 5. The van der Waals surface area contributed by atoms with Crippen molar-refractivity contribution in [3.63, 3.8) is 0 Å². The Kier molecular flexibility index (Phi) is 12.9. The Morgan fingerprint density at radius 2 is 1.53 bits per heavy atom. The van der Waals surface area contributed by atoms with E-state index >= 15 is 0 Å². The predicted octanol–water partition coefficient (Wildman–Crippen LogP) is 1.62. The molecule has 1 aromatic rings. The SMILES string of the molecule is CCNC(=O)[C@H](CC(C)C)NC(=O)[C@@H](Cc1ccccc1)NC(=O)[C@@H](N)CCNC(=O)OC(C)(C)C. The summed E-state index contributed by atoms with van der Waals surface area (Å²) in [5, 5.41) is 10.8. The Hall–Kier alpha value is -3.14. The van der Waals surface area contributed by atoms with E-state index in [1.54, 1.807) is 20.8 Å². The van der Waals surface area contributed by atoms with E-state index in [2.05, 4.69) is 21.3 Å². The van der Waals surface area contributed by atoms with Gasteiger partial charge < -0.3 is 31.7 Å². The summed E-state index contributed by atoms with van der Waals surface area (Å²) >= 11 is 0. The Morgan fingerprint density at radius 3 is 2.08 bits per heavy atom. The van der Waals surface area contributed by atoms with Gasteiger partial charge in [-0.05, 0) is 52.0 Å². The van der Waals surface area contributed by atoms with Crippen molar-refractivity contribution in [1.82, 2.24) is 21.3 Å². The van der Waals surface area contributed by atoms with Crippen molar-refractivity contribution >= 4 is 23.8 Å². The van der Waals surface area contributed by atoms with Gasteiger partial charge in [0.25, 0.3) is 0 Å². The molecule has 3 atom stereocenters. The maximum absolute atomic E-state index is 13.2. The van der Waals surface area contributed by atoms with Gasteiger partial charge in [0.05, 0.1) is 6.04 Å². The van der Waals surface area contributed by atoms with Crippen LogP contribution in [-0.4, -0.2) is 60.6 Å². The van der Waals surface area contributed by atoms with Crippen LogP contribution < -0.4 is 27.0 Å². The highest BCUT2D eigenvalue weighted by Crippen LogP contribution is 2.09. The lowest BCUT2D eigenvalue weighted by Gasteiger charge is -2.25. The van der Waals surface area contributed by atoms with E-state index in [0.29, 0.717) is 13.0 Å². The number of likely N-dealkylation sites (N-methyl/N-ethyl adjacent to an activating group) is 1. The molecule has 0 aliphatic rings. The van der Waals surface area contributed by atoms with Gasteiger partial charge in [-0.25, -0.2) is 4.79 Å². The molecule has 0 heterocycles. The van der Waals surface area contributed by atoms with Gasteiger partial charge in [0.2, 0.25) is 17.7 Å². The molecule has 0 fully saturated rings. The molecule has 0 aliphatic carbocycles. The molecule has 4 amide bonds. The summed E-state index contributed by atoms with van der Waals surface area (Å²) in [7, 11) is 0. The Bertz CT molecular complexity index is 854. The minimum absolute atomic E-state index is 0.132. The molecule has 1 aromatic carbocycles. The number of carbonyl (C=O) groups excluding carboxylic acids is 4. The smallest absolute Gasteiger partial charge is 0.407 e. The van der Waals surface area contributed by atoms with Crippen LogP contribution in [0.5, 0.6) is 0 Å². The molecule has 0 spiro atoms. The standard InChI is InChI=1S/C26H43N5O5/c1-7-28-23(33)20(15-17(2)3)31-24(34)21(16-18-11-9-8-10-12-18)30-22(32)19(27)13-14-29-25(35)36-26(4,5)6/h8-12,17,19-21H,7,13-16,27H2,1-6H3,(H,28,33)(H,29,35)(H,30,32)(H,31,34)/t19-,20-,21+/m0/s1. The van der Waals surface area contributed by atoms with Gasteiger partial charge >= 0.3 is 6.09 Å². The van der Waals surface area contributed by atoms with E-state index in [1.807, 2.05) is 51.1 Å². The van der Waals surface area contributed by atoms with Crippen LogP contribution in [0.2, 0.25) is 0 Å². The van der Waals surface area contributed by atoms with Crippen LogP contribution in [0.3, 0.4) is 0 Å². The van der Waals surface area contributed by atoms with Crippen LogP contribution in [0.25, 0.3) is 0 Å². The second-order valence-electron chi connectivity index (χ2n) is 10.2.